The van der Waals surface area contributed by atoms with Crippen LogP contribution >= 0.6 is 15.9 Å². The number of allylic oxidation sites excluding steroid dienone is 1. The van der Waals surface area contributed by atoms with Crippen molar-refractivity contribution in [1.29, 1.82) is 0 Å². The van der Waals surface area contributed by atoms with Gasteiger partial charge in [0.25, 0.3) is 0 Å². The normalized spacial score (nSPS) is 28.1. The number of phenols is 1. The third-order valence-electron chi connectivity index (χ3n) is 8.29. The maximum Gasteiger partial charge on any atom is 0.408 e. The molecule has 5 atom stereocenters. The zero-order chi connectivity index (χ0) is 32.5. The minimum Gasteiger partial charge on any atom is -0.507 e. The van der Waals surface area contributed by atoms with Gasteiger partial charge in [-0.05, 0) is 85.8 Å². The molecule has 14 nitrogen and oxygen atoms in total. The van der Waals surface area contributed by atoms with Crippen molar-refractivity contribution in [2.75, 3.05) is 6.54 Å². The summed E-state index contributed by atoms with van der Waals surface area (Å²) in [4.78, 5) is 55.8. The standard InChI is InChI=1S/C30H38BrN7O7/c1-29(2,3)45-28(44)32-21-10-8-6-4-5-7-9-18-15-30(18,27(42)43)33-25(40)22-14-19(16-37(22)26(21)41)38-35-24(34-36-38)17-11-12-23(39)20(31)13-17/h7,9,11-13,18-19,21-22,39H,4-6,8,10,14-16H2,1-3H3,(H,32,44)(H,33,40)(H,42,43)/b9-7-/t18-,19-,21+,22-,30-/m0/s1. The molecule has 5 rings (SSSR count). The number of aliphatic carboxylic acids is 1. The van der Waals surface area contributed by atoms with E-state index < -0.39 is 53.1 Å². The molecule has 0 bridgehead atoms. The summed E-state index contributed by atoms with van der Waals surface area (Å²) in [5.41, 5.74) is -1.64. The molecule has 242 valence electrons. The van der Waals surface area contributed by atoms with Gasteiger partial charge in [0.2, 0.25) is 17.6 Å². The quantitative estimate of drug-likeness (QED) is 0.347. The van der Waals surface area contributed by atoms with E-state index in [4.69, 9.17) is 4.74 Å². The molecule has 1 aromatic carbocycles. The van der Waals surface area contributed by atoms with Crippen molar-refractivity contribution >= 4 is 39.8 Å². The molecule has 2 aliphatic heterocycles. The predicted molar refractivity (Wildman–Crippen MR) is 164 cm³/mol. The Morgan fingerprint density at radius 2 is 1.98 bits per heavy atom. The number of ether oxygens (including phenoxy) is 1. The monoisotopic (exact) mass is 687 g/mol. The number of aromatic hydroxyl groups is 1. The first-order valence-corrected chi connectivity index (χ1v) is 15.9. The van der Waals surface area contributed by atoms with Crippen LogP contribution in [0, 0.1) is 5.92 Å². The molecule has 3 heterocycles. The van der Waals surface area contributed by atoms with E-state index in [0.717, 1.165) is 19.3 Å². The number of carbonyl (C=O) groups is 4. The Balaban J connectivity index is 1.45. The highest BCUT2D eigenvalue weighted by Gasteiger charge is 2.61. The van der Waals surface area contributed by atoms with Gasteiger partial charge in [0, 0.05) is 24.4 Å². The maximum atomic E-state index is 14.1. The molecule has 1 aromatic heterocycles. The van der Waals surface area contributed by atoms with E-state index in [1.165, 1.54) is 15.8 Å². The van der Waals surface area contributed by atoms with Crippen LogP contribution in [0.15, 0.2) is 34.8 Å². The number of carboxylic acids is 1. The first-order chi connectivity index (χ1) is 21.3. The molecule has 15 heteroatoms. The lowest BCUT2D eigenvalue weighted by Crippen LogP contribution is -2.56. The largest absolute Gasteiger partial charge is 0.507 e. The lowest BCUT2D eigenvalue weighted by molar-refractivity contribution is -0.145. The lowest BCUT2D eigenvalue weighted by Gasteiger charge is -2.30. The molecule has 2 fully saturated rings. The van der Waals surface area contributed by atoms with Crippen LogP contribution in [0.1, 0.15) is 71.8 Å². The minimum atomic E-state index is -1.44. The third kappa shape index (κ3) is 7.29. The van der Waals surface area contributed by atoms with Gasteiger partial charge in [-0.15, -0.1) is 10.2 Å². The van der Waals surface area contributed by atoms with Crippen LogP contribution in [0.4, 0.5) is 4.79 Å². The van der Waals surface area contributed by atoms with Crippen molar-refractivity contribution in [2.45, 2.75) is 95.0 Å². The topological polar surface area (TPSA) is 189 Å². The number of tetrazole rings is 1. The van der Waals surface area contributed by atoms with Gasteiger partial charge in [-0.1, -0.05) is 25.0 Å². The summed E-state index contributed by atoms with van der Waals surface area (Å²) in [6.07, 6.45) is 6.75. The fourth-order valence-electron chi connectivity index (χ4n) is 5.84. The number of hydrogen-bond donors (Lipinski definition) is 4. The molecule has 2 aromatic rings. The Morgan fingerprint density at radius 3 is 2.69 bits per heavy atom. The number of benzene rings is 1. The summed E-state index contributed by atoms with van der Waals surface area (Å²) in [7, 11) is 0. The Labute approximate surface area is 268 Å². The number of hydrogen-bond acceptors (Lipinski definition) is 9. The number of aromatic nitrogens is 4. The van der Waals surface area contributed by atoms with Crippen molar-refractivity contribution < 1.29 is 34.1 Å². The molecule has 3 aliphatic rings. The number of nitrogens with one attached hydrogen (secondary N) is 2. The van der Waals surface area contributed by atoms with Gasteiger partial charge in [0.1, 0.15) is 29.0 Å². The Bertz CT molecular complexity index is 1510. The molecular formula is C30H38BrN7O7. The molecule has 1 saturated heterocycles. The maximum absolute atomic E-state index is 14.1. The number of nitrogens with zero attached hydrogens (tertiary/aromatic N) is 5. The van der Waals surface area contributed by atoms with Crippen molar-refractivity contribution in [3.8, 4) is 17.1 Å². The van der Waals surface area contributed by atoms with Crippen LogP contribution in [0.5, 0.6) is 5.75 Å². The zero-order valence-electron chi connectivity index (χ0n) is 25.4. The van der Waals surface area contributed by atoms with E-state index >= 15 is 0 Å². The fourth-order valence-corrected chi connectivity index (χ4v) is 6.22. The fraction of sp³-hybridized carbons (Fsp3) is 0.567. The van der Waals surface area contributed by atoms with Gasteiger partial charge in [-0.25, -0.2) is 9.59 Å². The van der Waals surface area contributed by atoms with E-state index in [2.05, 4.69) is 42.0 Å². The third-order valence-corrected chi connectivity index (χ3v) is 8.92. The van der Waals surface area contributed by atoms with Crippen LogP contribution in [-0.4, -0.2) is 89.0 Å². The van der Waals surface area contributed by atoms with Crippen molar-refractivity contribution in [1.82, 2.24) is 35.7 Å². The Kier molecular flexibility index (Phi) is 9.19. The molecular weight excluding hydrogens is 650 g/mol. The predicted octanol–water partition coefficient (Wildman–Crippen LogP) is 3.32. The molecule has 3 amide bonds. The van der Waals surface area contributed by atoms with E-state index in [1.807, 2.05) is 12.2 Å². The number of phenolic OH excluding ortho intramolecular Hbond substituents is 1. The van der Waals surface area contributed by atoms with Gasteiger partial charge < -0.3 is 30.5 Å². The van der Waals surface area contributed by atoms with Crippen LogP contribution in [0.3, 0.4) is 0 Å². The summed E-state index contributed by atoms with van der Waals surface area (Å²) < 4.78 is 5.88. The highest BCUT2D eigenvalue weighted by molar-refractivity contribution is 9.10. The summed E-state index contributed by atoms with van der Waals surface area (Å²) >= 11 is 3.28. The zero-order valence-corrected chi connectivity index (χ0v) is 27.0. The molecule has 0 unspecified atom stereocenters. The Morgan fingerprint density at radius 1 is 1.20 bits per heavy atom. The average Bonchev–Trinajstić information content (AvgIpc) is 3.28. The number of fused-ring (bicyclic) bond motifs is 2. The summed E-state index contributed by atoms with van der Waals surface area (Å²) in [6, 6.07) is 2.19. The number of amides is 3. The number of alkyl carbamates (subject to hydrolysis) is 1. The highest BCUT2D eigenvalue weighted by Crippen LogP contribution is 2.45. The number of halogens is 1. The van der Waals surface area contributed by atoms with Crippen LogP contribution in [0.25, 0.3) is 11.4 Å². The van der Waals surface area contributed by atoms with Crippen LogP contribution < -0.4 is 10.6 Å². The molecule has 1 aliphatic carbocycles. The Hall–Kier alpha value is -4.01. The summed E-state index contributed by atoms with van der Waals surface area (Å²) in [6.45, 7) is 5.21. The first-order valence-electron chi connectivity index (χ1n) is 15.1. The van der Waals surface area contributed by atoms with E-state index in [-0.39, 0.29) is 36.9 Å². The first kappa shape index (κ1) is 32.4. The second-order valence-electron chi connectivity index (χ2n) is 12.8. The SMILES string of the molecule is CC(C)(C)OC(=O)N[C@@H]1CCCCC/C=C\[C@H]2C[C@]2(C(=O)O)NC(=O)[C@@H]2C[C@H](n3nnc(-c4ccc(O)c(Br)c4)n3)CN2C1=O. The second-order valence-corrected chi connectivity index (χ2v) is 13.7. The van der Waals surface area contributed by atoms with Gasteiger partial charge in [-0.2, -0.15) is 4.80 Å². The molecule has 1 saturated carbocycles. The number of carboxylic acid groups (broad SMARTS) is 1. The minimum absolute atomic E-state index is 0.0297. The second kappa shape index (κ2) is 12.8. The molecule has 0 radical (unpaired) electrons. The number of carbonyl (C=O) groups excluding carboxylic acids is 3. The summed E-state index contributed by atoms with van der Waals surface area (Å²) in [5.74, 6) is -2.23. The van der Waals surface area contributed by atoms with Gasteiger partial charge in [0.15, 0.2) is 0 Å². The van der Waals surface area contributed by atoms with E-state index in [0.29, 0.717) is 22.9 Å². The van der Waals surface area contributed by atoms with E-state index in [9.17, 15) is 29.4 Å². The molecule has 4 N–H and O–H groups in total. The van der Waals surface area contributed by atoms with Crippen LogP contribution in [-0.2, 0) is 19.1 Å². The average molecular weight is 689 g/mol. The van der Waals surface area contributed by atoms with Crippen LogP contribution in [0.2, 0.25) is 0 Å². The van der Waals surface area contributed by atoms with Gasteiger partial charge in [0.05, 0.1) is 10.5 Å². The van der Waals surface area contributed by atoms with Crippen molar-refractivity contribution in [3.63, 3.8) is 0 Å². The van der Waals surface area contributed by atoms with Gasteiger partial charge >= 0.3 is 12.1 Å². The molecule has 45 heavy (non-hydrogen) atoms. The lowest BCUT2D eigenvalue weighted by atomic mass is 10.0. The van der Waals surface area contributed by atoms with Gasteiger partial charge in [-0.3, -0.25) is 9.59 Å². The molecule has 0 spiro atoms. The van der Waals surface area contributed by atoms with Crippen molar-refractivity contribution in [3.05, 3.63) is 34.8 Å². The van der Waals surface area contributed by atoms with Crippen molar-refractivity contribution in [2.24, 2.45) is 5.92 Å². The highest BCUT2D eigenvalue weighted by atomic mass is 79.9. The summed E-state index contributed by atoms with van der Waals surface area (Å²) in [5, 5.41) is 38.2. The number of rotatable bonds is 4. The van der Waals surface area contributed by atoms with E-state index in [1.54, 1.807) is 32.9 Å². The smallest absolute Gasteiger partial charge is 0.408 e.